The van der Waals surface area contributed by atoms with Crippen molar-refractivity contribution >= 4 is 23.0 Å². The van der Waals surface area contributed by atoms with Crippen LogP contribution < -0.4 is 4.90 Å². The van der Waals surface area contributed by atoms with Gasteiger partial charge in [-0.25, -0.2) is 0 Å². The molecular weight excluding hydrogens is 272 g/mol. The Labute approximate surface area is 122 Å². The summed E-state index contributed by atoms with van der Waals surface area (Å²) in [5.41, 5.74) is 2.94. The normalized spacial score (nSPS) is 12.1. The van der Waals surface area contributed by atoms with E-state index in [4.69, 9.17) is 5.11 Å². The van der Waals surface area contributed by atoms with Crippen molar-refractivity contribution < 1.29 is 9.90 Å². The highest BCUT2D eigenvalue weighted by molar-refractivity contribution is 7.09. The third kappa shape index (κ3) is 3.81. The summed E-state index contributed by atoms with van der Waals surface area (Å²) in [4.78, 5) is 18.2. The van der Waals surface area contributed by atoms with Crippen molar-refractivity contribution in [2.45, 2.75) is 25.8 Å². The van der Waals surface area contributed by atoms with E-state index in [0.717, 1.165) is 12.2 Å². The topological polar surface area (TPSA) is 53.4 Å². The molecule has 0 fully saturated rings. The molecule has 5 heteroatoms. The molecule has 0 aliphatic heterocycles. The van der Waals surface area contributed by atoms with Crippen LogP contribution in [-0.4, -0.2) is 22.6 Å². The lowest BCUT2D eigenvalue weighted by atomic mass is 10.1. The van der Waals surface area contributed by atoms with Crippen LogP contribution in [0, 0.1) is 0 Å². The van der Waals surface area contributed by atoms with Gasteiger partial charge in [0, 0.05) is 29.7 Å². The van der Waals surface area contributed by atoms with E-state index >= 15 is 0 Å². The van der Waals surface area contributed by atoms with E-state index in [9.17, 15) is 4.79 Å². The van der Waals surface area contributed by atoms with Crippen LogP contribution in [0.2, 0.25) is 0 Å². The molecule has 0 aliphatic carbocycles. The van der Waals surface area contributed by atoms with Crippen LogP contribution in [-0.2, 0) is 4.79 Å². The molecular formula is C15H18N2O2S. The lowest BCUT2D eigenvalue weighted by Crippen LogP contribution is -2.27. The summed E-state index contributed by atoms with van der Waals surface area (Å²) in [5.74, 6) is -0.747. The highest BCUT2D eigenvalue weighted by Gasteiger charge is 2.17. The van der Waals surface area contributed by atoms with E-state index in [1.807, 2.05) is 29.9 Å². The first-order valence-corrected chi connectivity index (χ1v) is 7.48. The second-order valence-electron chi connectivity index (χ2n) is 4.61. The molecule has 0 amide bonds. The number of carboxylic acids is 1. The minimum absolute atomic E-state index is 0.193. The maximum absolute atomic E-state index is 10.7. The van der Waals surface area contributed by atoms with Gasteiger partial charge in [-0.05, 0) is 25.5 Å². The Morgan fingerprint density at radius 1 is 1.40 bits per heavy atom. The van der Waals surface area contributed by atoms with E-state index in [1.54, 1.807) is 11.3 Å². The molecule has 0 radical (unpaired) electrons. The van der Waals surface area contributed by atoms with Crippen LogP contribution in [0.3, 0.4) is 0 Å². The van der Waals surface area contributed by atoms with E-state index < -0.39 is 5.97 Å². The molecule has 1 N–H and O–H groups in total. The number of hydrogen-bond donors (Lipinski definition) is 1. The Morgan fingerprint density at radius 2 is 2.15 bits per heavy atom. The molecule has 0 spiro atoms. The first-order chi connectivity index (χ1) is 9.68. The Balaban J connectivity index is 2.13. The van der Waals surface area contributed by atoms with E-state index in [0.29, 0.717) is 6.42 Å². The molecule has 106 valence electrons. The molecule has 1 unspecified atom stereocenters. The third-order valence-electron chi connectivity index (χ3n) is 3.21. The average Bonchev–Trinajstić information content (AvgIpc) is 2.98. The fourth-order valence-electron chi connectivity index (χ4n) is 2.15. The molecule has 0 saturated carbocycles. The molecule has 0 saturated heterocycles. The molecule has 2 aromatic rings. The summed E-state index contributed by atoms with van der Waals surface area (Å²) < 4.78 is 0. The van der Waals surface area contributed by atoms with Crippen molar-refractivity contribution in [1.29, 1.82) is 0 Å². The number of carboxylic acid groups (broad SMARTS) is 1. The van der Waals surface area contributed by atoms with Crippen LogP contribution >= 0.6 is 11.3 Å². The van der Waals surface area contributed by atoms with Crippen LogP contribution in [0.25, 0.3) is 0 Å². The van der Waals surface area contributed by atoms with Crippen molar-refractivity contribution in [3.63, 3.8) is 0 Å². The SMILES string of the molecule is CC(c1cncs1)N(CCCC(=O)O)c1ccccc1. The van der Waals surface area contributed by atoms with Gasteiger partial charge in [-0.2, -0.15) is 0 Å². The minimum atomic E-state index is -0.747. The molecule has 2 rings (SSSR count). The molecule has 1 aromatic carbocycles. The van der Waals surface area contributed by atoms with Crippen LogP contribution in [0.15, 0.2) is 42.0 Å². The number of para-hydroxylation sites is 1. The van der Waals surface area contributed by atoms with Gasteiger partial charge in [-0.15, -0.1) is 11.3 Å². The first kappa shape index (κ1) is 14.5. The Bertz CT molecular complexity index is 528. The third-order valence-corrected chi connectivity index (χ3v) is 4.15. The van der Waals surface area contributed by atoms with Crippen molar-refractivity contribution in [2.24, 2.45) is 0 Å². The number of hydrogen-bond acceptors (Lipinski definition) is 4. The number of nitrogens with zero attached hydrogens (tertiary/aromatic N) is 2. The Hall–Kier alpha value is -1.88. The number of aromatic nitrogens is 1. The van der Waals surface area contributed by atoms with E-state index in [2.05, 4.69) is 28.9 Å². The highest BCUT2D eigenvalue weighted by atomic mass is 32.1. The van der Waals surface area contributed by atoms with Gasteiger partial charge in [0.25, 0.3) is 0 Å². The van der Waals surface area contributed by atoms with Crippen molar-refractivity contribution in [1.82, 2.24) is 4.98 Å². The predicted molar refractivity (Wildman–Crippen MR) is 81.2 cm³/mol. The van der Waals surface area contributed by atoms with Gasteiger partial charge in [-0.1, -0.05) is 18.2 Å². The summed E-state index contributed by atoms with van der Waals surface area (Å²) in [5, 5.41) is 8.79. The van der Waals surface area contributed by atoms with E-state index in [1.165, 1.54) is 4.88 Å². The summed E-state index contributed by atoms with van der Waals surface area (Å²) >= 11 is 1.62. The zero-order chi connectivity index (χ0) is 14.4. The molecule has 1 atom stereocenters. The first-order valence-electron chi connectivity index (χ1n) is 6.60. The smallest absolute Gasteiger partial charge is 0.303 e. The fraction of sp³-hybridized carbons (Fsp3) is 0.333. The lowest BCUT2D eigenvalue weighted by Gasteiger charge is -2.30. The standard InChI is InChI=1S/C15H18N2O2S/c1-12(14-10-16-11-20-14)17(9-5-8-15(18)19)13-6-3-2-4-7-13/h2-4,6-7,10-12H,5,8-9H2,1H3,(H,18,19). The van der Waals surface area contributed by atoms with Gasteiger partial charge < -0.3 is 10.0 Å². The molecule has 1 heterocycles. The quantitative estimate of drug-likeness (QED) is 0.847. The number of benzene rings is 1. The van der Waals surface area contributed by atoms with Gasteiger partial charge in [-0.3, -0.25) is 9.78 Å². The minimum Gasteiger partial charge on any atom is -0.481 e. The van der Waals surface area contributed by atoms with Gasteiger partial charge in [0.15, 0.2) is 0 Å². The van der Waals surface area contributed by atoms with Crippen LogP contribution in [0.1, 0.15) is 30.7 Å². The summed E-state index contributed by atoms with van der Waals surface area (Å²) in [7, 11) is 0. The Kier molecular flexibility index (Phi) is 5.12. The van der Waals surface area contributed by atoms with Gasteiger partial charge in [0.1, 0.15) is 0 Å². The molecule has 0 bridgehead atoms. The maximum atomic E-state index is 10.7. The summed E-state index contributed by atoms with van der Waals surface area (Å²) in [6.45, 7) is 2.84. The number of rotatable bonds is 7. The Morgan fingerprint density at radius 3 is 2.75 bits per heavy atom. The van der Waals surface area contributed by atoms with E-state index in [-0.39, 0.29) is 12.5 Å². The number of aliphatic carboxylic acids is 1. The highest BCUT2D eigenvalue weighted by Crippen LogP contribution is 2.29. The van der Waals surface area contributed by atoms with Gasteiger partial charge in [0.05, 0.1) is 11.6 Å². The summed E-state index contributed by atoms with van der Waals surface area (Å²) in [6, 6.07) is 10.3. The molecule has 1 aromatic heterocycles. The average molecular weight is 290 g/mol. The molecule has 20 heavy (non-hydrogen) atoms. The van der Waals surface area contributed by atoms with Gasteiger partial charge in [0.2, 0.25) is 0 Å². The largest absolute Gasteiger partial charge is 0.481 e. The summed E-state index contributed by atoms with van der Waals surface area (Å²) in [6.07, 6.45) is 2.70. The number of carbonyl (C=O) groups is 1. The van der Waals surface area contributed by atoms with Gasteiger partial charge >= 0.3 is 5.97 Å². The zero-order valence-corrected chi connectivity index (χ0v) is 12.2. The van der Waals surface area contributed by atoms with Crippen molar-refractivity contribution in [3.05, 3.63) is 46.9 Å². The van der Waals surface area contributed by atoms with Crippen LogP contribution in [0.5, 0.6) is 0 Å². The second-order valence-corrected chi connectivity index (χ2v) is 5.52. The number of thiazole rings is 1. The number of anilines is 1. The monoisotopic (exact) mass is 290 g/mol. The maximum Gasteiger partial charge on any atom is 0.303 e. The van der Waals surface area contributed by atoms with Crippen LogP contribution in [0.4, 0.5) is 5.69 Å². The molecule has 0 aliphatic rings. The van der Waals surface area contributed by atoms with Crippen molar-refractivity contribution in [3.8, 4) is 0 Å². The van der Waals surface area contributed by atoms with Crippen molar-refractivity contribution in [2.75, 3.05) is 11.4 Å². The second kappa shape index (κ2) is 7.05. The lowest BCUT2D eigenvalue weighted by molar-refractivity contribution is -0.137. The molecule has 4 nitrogen and oxygen atoms in total. The zero-order valence-electron chi connectivity index (χ0n) is 11.4. The fourth-order valence-corrected chi connectivity index (χ4v) is 2.84. The predicted octanol–water partition coefficient (Wildman–Crippen LogP) is 3.58.